The minimum atomic E-state index is 0.123. The Morgan fingerprint density at radius 1 is 1.37 bits per heavy atom. The van der Waals surface area contributed by atoms with Gasteiger partial charge >= 0.3 is 0 Å². The molecule has 2 N–H and O–H groups in total. The van der Waals surface area contributed by atoms with Crippen molar-refractivity contribution >= 4 is 0 Å². The van der Waals surface area contributed by atoms with Gasteiger partial charge in [-0.05, 0) is 18.9 Å². The van der Waals surface area contributed by atoms with Gasteiger partial charge in [0.05, 0.1) is 19.3 Å². The number of ether oxygens (including phenoxy) is 1. The quantitative estimate of drug-likeness (QED) is 0.828. The number of benzene rings is 1. The Labute approximate surface area is 116 Å². The topological polar surface area (TPSA) is 41.5 Å². The lowest BCUT2D eigenvalue weighted by Gasteiger charge is -2.52. The molecule has 1 aliphatic carbocycles. The molecule has 0 saturated heterocycles. The third kappa shape index (κ3) is 3.35. The first-order chi connectivity index (χ1) is 9.04. The molecule has 106 valence electrons. The molecular weight excluding hydrogens is 238 g/mol. The van der Waals surface area contributed by atoms with Gasteiger partial charge in [-0.15, -0.1) is 0 Å². The van der Waals surface area contributed by atoms with E-state index in [1.807, 2.05) is 25.1 Å². The minimum Gasteiger partial charge on any atom is -0.395 e. The van der Waals surface area contributed by atoms with Crippen molar-refractivity contribution in [2.24, 2.45) is 5.41 Å². The molecule has 3 heteroatoms. The number of aliphatic hydroxyl groups excluding tert-OH is 1. The summed E-state index contributed by atoms with van der Waals surface area (Å²) in [6.07, 6.45) is 1.31. The Kier molecular flexibility index (Phi) is 4.61. The molecule has 3 nitrogen and oxygen atoms in total. The summed E-state index contributed by atoms with van der Waals surface area (Å²) in [5, 5.41) is 12.6. The molecule has 0 spiro atoms. The fraction of sp³-hybridized carbons (Fsp3) is 0.625. The van der Waals surface area contributed by atoms with Gasteiger partial charge in [0, 0.05) is 17.5 Å². The fourth-order valence-electron chi connectivity index (χ4n) is 2.62. The van der Waals surface area contributed by atoms with E-state index in [9.17, 15) is 0 Å². The predicted molar refractivity (Wildman–Crippen MR) is 76.9 cm³/mol. The van der Waals surface area contributed by atoms with E-state index in [-0.39, 0.29) is 24.2 Å². The van der Waals surface area contributed by atoms with Crippen molar-refractivity contribution in [2.45, 2.75) is 52.0 Å². The van der Waals surface area contributed by atoms with E-state index >= 15 is 0 Å². The van der Waals surface area contributed by atoms with Crippen LogP contribution in [0.5, 0.6) is 0 Å². The van der Waals surface area contributed by atoms with Crippen LogP contribution in [0, 0.1) is 5.41 Å². The summed E-state index contributed by atoms with van der Waals surface area (Å²) in [4.78, 5) is 0. The van der Waals surface area contributed by atoms with Gasteiger partial charge in [-0.2, -0.15) is 0 Å². The van der Waals surface area contributed by atoms with Crippen LogP contribution in [0.4, 0.5) is 0 Å². The SMILES string of the molecule is C[C@H](CO)NC1CC(OCc2ccccc2)C1(C)C. The second-order valence-electron chi connectivity index (χ2n) is 6.15. The summed E-state index contributed by atoms with van der Waals surface area (Å²) in [5.41, 5.74) is 1.34. The molecule has 2 rings (SSSR count). The summed E-state index contributed by atoms with van der Waals surface area (Å²) < 4.78 is 6.02. The third-order valence-corrected chi connectivity index (χ3v) is 4.23. The Balaban J connectivity index is 1.81. The van der Waals surface area contributed by atoms with Crippen LogP contribution in [-0.4, -0.2) is 29.9 Å². The zero-order valence-electron chi connectivity index (χ0n) is 12.1. The number of rotatable bonds is 6. The molecular formula is C16H25NO2. The van der Waals surface area contributed by atoms with E-state index in [1.165, 1.54) is 5.56 Å². The van der Waals surface area contributed by atoms with Crippen LogP contribution in [0.1, 0.15) is 32.8 Å². The molecule has 1 aromatic carbocycles. The summed E-state index contributed by atoms with van der Waals surface area (Å²) in [5.74, 6) is 0. The molecule has 0 amide bonds. The third-order valence-electron chi connectivity index (χ3n) is 4.23. The van der Waals surface area contributed by atoms with Crippen molar-refractivity contribution in [1.82, 2.24) is 5.32 Å². The van der Waals surface area contributed by atoms with Crippen molar-refractivity contribution < 1.29 is 9.84 Å². The highest BCUT2D eigenvalue weighted by molar-refractivity contribution is 5.14. The summed E-state index contributed by atoms with van der Waals surface area (Å²) >= 11 is 0. The first kappa shape index (κ1) is 14.5. The largest absolute Gasteiger partial charge is 0.395 e. The number of nitrogens with one attached hydrogen (secondary N) is 1. The fourth-order valence-corrected chi connectivity index (χ4v) is 2.62. The van der Waals surface area contributed by atoms with Crippen molar-refractivity contribution in [2.75, 3.05) is 6.61 Å². The number of aliphatic hydroxyl groups is 1. The summed E-state index contributed by atoms with van der Waals surface area (Å²) in [7, 11) is 0. The van der Waals surface area contributed by atoms with Crippen molar-refractivity contribution in [3.63, 3.8) is 0 Å². The summed E-state index contributed by atoms with van der Waals surface area (Å²) in [6.45, 7) is 7.33. The highest BCUT2D eigenvalue weighted by Gasteiger charge is 2.49. The average Bonchev–Trinajstić information content (AvgIpc) is 2.42. The molecule has 0 radical (unpaired) electrons. The summed E-state index contributed by atoms with van der Waals surface area (Å²) in [6, 6.07) is 10.9. The Bertz CT molecular complexity index is 391. The van der Waals surface area contributed by atoms with Gasteiger partial charge in [-0.3, -0.25) is 0 Å². The molecule has 1 aromatic rings. The molecule has 0 heterocycles. The second-order valence-corrected chi connectivity index (χ2v) is 6.15. The normalized spacial score (nSPS) is 26.7. The van der Waals surface area contributed by atoms with E-state index < -0.39 is 0 Å². The lowest BCUT2D eigenvalue weighted by Crippen LogP contribution is -2.62. The van der Waals surface area contributed by atoms with E-state index in [0.29, 0.717) is 12.6 Å². The van der Waals surface area contributed by atoms with Crippen LogP contribution in [0.15, 0.2) is 30.3 Å². The second kappa shape index (κ2) is 6.04. The first-order valence-electron chi connectivity index (χ1n) is 7.06. The molecule has 2 unspecified atom stereocenters. The maximum absolute atomic E-state index is 9.10. The van der Waals surface area contributed by atoms with E-state index in [4.69, 9.17) is 9.84 Å². The Morgan fingerprint density at radius 2 is 2.05 bits per heavy atom. The molecule has 1 fully saturated rings. The molecule has 0 aromatic heterocycles. The maximum atomic E-state index is 9.10. The van der Waals surface area contributed by atoms with Gasteiger partial charge in [0.2, 0.25) is 0 Å². The molecule has 0 aliphatic heterocycles. The standard InChI is InChI=1S/C16H25NO2/c1-12(10-18)17-14-9-15(16(14,2)3)19-11-13-7-5-4-6-8-13/h4-8,12,14-15,17-18H,9-11H2,1-3H3/t12-,14?,15?/m1/s1. The van der Waals surface area contributed by atoms with Crippen molar-refractivity contribution in [3.05, 3.63) is 35.9 Å². The van der Waals surface area contributed by atoms with Crippen LogP contribution >= 0.6 is 0 Å². The highest BCUT2D eigenvalue weighted by atomic mass is 16.5. The monoisotopic (exact) mass is 263 g/mol. The van der Waals surface area contributed by atoms with Gasteiger partial charge in [0.15, 0.2) is 0 Å². The van der Waals surface area contributed by atoms with Gasteiger partial charge in [-0.1, -0.05) is 44.2 Å². The van der Waals surface area contributed by atoms with Gasteiger partial charge in [-0.25, -0.2) is 0 Å². The van der Waals surface area contributed by atoms with Crippen molar-refractivity contribution in [1.29, 1.82) is 0 Å². The van der Waals surface area contributed by atoms with Crippen LogP contribution in [0.25, 0.3) is 0 Å². The zero-order chi connectivity index (χ0) is 13.9. The van der Waals surface area contributed by atoms with E-state index in [0.717, 1.165) is 6.42 Å². The van der Waals surface area contributed by atoms with Gasteiger partial charge < -0.3 is 15.2 Å². The number of hydrogen-bond donors (Lipinski definition) is 2. The van der Waals surface area contributed by atoms with Crippen LogP contribution in [0.3, 0.4) is 0 Å². The average molecular weight is 263 g/mol. The lowest BCUT2D eigenvalue weighted by atomic mass is 9.64. The minimum absolute atomic E-state index is 0.123. The van der Waals surface area contributed by atoms with Crippen molar-refractivity contribution in [3.8, 4) is 0 Å². The Morgan fingerprint density at radius 3 is 2.63 bits per heavy atom. The number of hydrogen-bond acceptors (Lipinski definition) is 3. The Hall–Kier alpha value is -0.900. The molecule has 1 saturated carbocycles. The predicted octanol–water partition coefficient (Wildman–Crippen LogP) is 2.34. The van der Waals surface area contributed by atoms with Crippen LogP contribution in [0.2, 0.25) is 0 Å². The lowest BCUT2D eigenvalue weighted by molar-refractivity contribution is -0.127. The smallest absolute Gasteiger partial charge is 0.0720 e. The first-order valence-corrected chi connectivity index (χ1v) is 7.06. The van der Waals surface area contributed by atoms with E-state index in [2.05, 4.69) is 31.3 Å². The van der Waals surface area contributed by atoms with Crippen LogP contribution < -0.4 is 5.32 Å². The van der Waals surface area contributed by atoms with Crippen LogP contribution in [-0.2, 0) is 11.3 Å². The van der Waals surface area contributed by atoms with E-state index in [1.54, 1.807) is 0 Å². The van der Waals surface area contributed by atoms with Gasteiger partial charge in [0.1, 0.15) is 0 Å². The van der Waals surface area contributed by atoms with Gasteiger partial charge in [0.25, 0.3) is 0 Å². The molecule has 1 aliphatic rings. The molecule has 19 heavy (non-hydrogen) atoms. The molecule has 3 atom stereocenters. The molecule has 0 bridgehead atoms. The highest BCUT2D eigenvalue weighted by Crippen LogP contribution is 2.43. The zero-order valence-corrected chi connectivity index (χ0v) is 12.1. The maximum Gasteiger partial charge on any atom is 0.0720 e.